The molecule has 4 N–H and O–H groups in total. The molecule has 0 spiro atoms. The number of hydrogen-bond donors (Lipinski definition) is 3. The lowest BCUT2D eigenvalue weighted by atomic mass is 9.94. The number of carbonyl (C=O) groups is 1. The summed E-state index contributed by atoms with van der Waals surface area (Å²) in [4.78, 5) is 11.9. The average molecular weight is 367 g/mol. The van der Waals surface area contributed by atoms with Crippen LogP contribution in [0.4, 0.5) is 19.0 Å². The molecule has 2 unspecified atom stereocenters. The van der Waals surface area contributed by atoms with Gasteiger partial charge < -0.3 is 5.32 Å². The predicted octanol–water partition coefficient (Wildman–Crippen LogP) is 3.27. The Labute approximate surface area is 148 Å². The molecule has 9 heteroatoms. The lowest BCUT2D eigenvalue weighted by Crippen LogP contribution is -2.37. The van der Waals surface area contributed by atoms with E-state index in [2.05, 4.69) is 10.4 Å². The number of rotatable bonds is 3. The molecule has 2 aromatic rings. The van der Waals surface area contributed by atoms with Gasteiger partial charge in [-0.05, 0) is 17.0 Å². The van der Waals surface area contributed by atoms with E-state index in [1.807, 2.05) is 43.5 Å². The van der Waals surface area contributed by atoms with Crippen molar-refractivity contribution in [1.29, 1.82) is 0 Å². The maximum Gasteiger partial charge on any atom is 0.410 e. The highest BCUT2D eigenvalue weighted by atomic mass is 19.4. The quantitative estimate of drug-likeness (QED) is 0.442. The van der Waals surface area contributed by atoms with E-state index in [-0.39, 0.29) is 17.8 Å². The molecular formula is C17H20F3N5O. The number of halogens is 3. The number of hydrazine groups is 1. The largest absolute Gasteiger partial charge is 0.410 e. The summed E-state index contributed by atoms with van der Waals surface area (Å²) < 4.78 is 41.5. The second kappa shape index (κ2) is 6.64. The third kappa shape index (κ3) is 3.26. The highest BCUT2D eigenvalue weighted by Crippen LogP contribution is 2.44. The molecule has 0 saturated heterocycles. The molecule has 0 saturated carbocycles. The zero-order valence-corrected chi connectivity index (χ0v) is 14.3. The van der Waals surface area contributed by atoms with E-state index in [1.54, 1.807) is 0 Å². The molecule has 6 nitrogen and oxygen atoms in total. The van der Waals surface area contributed by atoms with Crippen molar-refractivity contribution in [3.63, 3.8) is 0 Å². The summed E-state index contributed by atoms with van der Waals surface area (Å²) in [6.07, 6.45) is -3.62. The van der Waals surface area contributed by atoms with Crippen LogP contribution in [-0.4, -0.2) is 21.9 Å². The van der Waals surface area contributed by atoms with Crippen LogP contribution in [-0.2, 0) is 0 Å². The lowest BCUT2D eigenvalue weighted by Gasteiger charge is -2.34. The standard InChI is InChI=1S/C17H20F3N5O/c1-9(2)10-3-5-11(6-4-10)13-7-14(17(18,19)20)25-15(23-13)12(8-22-25)16(26)24-21/h3-6,8-9,13-14,23H,7,21H2,1-2H3,(H,24,26). The van der Waals surface area contributed by atoms with Crippen LogP contribution in [0.2, 0.25) is 0 Å². The number of amides is 1. The van der Waals surface area contributed by atoms with Gasteiger partial charge in [0.2, 0.25) is 0 Å². The smallest absolute Gasteiger partial charge is 0.363 e. The first-order valence-electron chi connectivity index (χ1n) is 8.24. The van der Waals surface area contributed by atoms with Gasteiger partial charge in [-0.25, -0.2) is 10.5 Å². The van der Waals surface area contributed by atoms with Gasteiger partial charge in [-0.2, -0.15) is 18.3 Å². The normalized spacial score (nSPS) is 19.8. The monoisotopic (exact) mass is 367 g/mol. The Hall–Kier alpha value is -2.55. The van der Waals surface area contributed by atoms with E-state index in [0.29, 0.717) is 5.92 Å². The van der Waals surface area contributed by atoms with E-state index in [9.17, 15) is 18.0 Å². The molecular weight excluding hydrogens is 347 g/mol. The maximum absolute atomic E-state index is 13.6. The number of nitrogens with two attached hydrogens (primary N) is 1. The van der Waals surface area contributed by atoms with E-state index >= 15 is 0 Å². The van der Waals surface area contributed by atoms with Crippen LogP contribution < -0.4 is 16.6 Å². The second-order valence-corrected chi connectivity index (χ2v) is 6.64. The molecule has 2 atom stereocenters. The van der Waals surface area contributed by atoms with Gasteiger partial charge >= 0.3 is 6.18 Å². The van der Waals surface area contributed by atoms with Gasteiger partial charge in [-0.3, -0.25) is 10.2 Å². The molecule has 0 aliphatic carbocycles. The van der Waals surface area contributed by atoms with Crippen LogP contribution in [0.5, 0.6) is 0 Å². The van der Waals surface area contributed by atoms with Crippen molar-refractivity contribution in [3.8, 4) is 0 Å². The molecule has 3 rings (SSSR count). The Morgan fingerprint density at radius 3 is 2.54 bits per heavy atom. The van der Waals surface area contributed by atoms with E-state index in [0.717, 1.165) is 22.0 Å². The minimum atomic E-state index is -4.49. The fraction of sp³-hybridized carbons (Fsp3) is 0.412. The van der Waals surface area contributed by atoms with Crippen molar-refractivity contribution in [3.05, 3.63) is 47.2 Å². The predicted molar refractivity (Wildman–Crippen MR) is 90.5 cm³/mol. The van der Waals surface area contributed by atoms with Crippen molar-refractivity contribution in [2.24, 2.45) is 5.84 Å². The fourth-order valence-corrected chi connectivity index (χ4v) is 3.14. The molecule has 26 heavy (non-hydrogen) atoms. The number of carbonyl (C=O) groups excluding carboxylic acids is 1. The number of nitrogens with zero attached hydrogens (tertiary/aromatic N) is 2. The van der Waals surface area contributed by atoms with Crippen LogP contribution in [0, 0.1) is 0 Å². The van der Waals surface area contributed by atoms with Crippen molar-refractivity contribution in [2.45, 2.75) is 44.4 Å². The summed E-state index contributed by atoms with van der Waals surface area (Å²) in [6, 6.07) is 5.02. The number of nitrogens with one attached hydrogen (secondary N) is 2. The number of fused-ring (bicyclic) bond motifs is 1. The first-order valence-corrected chi connectivity index (χ1v) is 8.24. The second-order valence-electron chi connectivity index (χ2n) is 6.64. The number of aromatic nitrogens is 2. The number of alkyl halides is 3. The molecule has 140 valence electrons. The zero-order chi connectivity index (χ0) is 19.1. The van der Waals surface area contributed by atoms with E-state index in [4.69, 9.17) is 5.84 Å². The maximum atomic E-state index is 13.6. The Balaban J connectivity index is 2.00. The van der Waals surface area contributed by atoms with Crippen molar-refractivity contribution >= 4 is 11.7 Å². The zero-order valence-electron chi connectivity index (χ0n) is 14.3. The Bertz CT molecular complexity index is 798. The minimum Gasteiger partial charge on any atom is -0.363 e. The summed E-state index contributed by atoms with van der Waals surface area (Å²) >= 11 is 0. The molecule has 0 fully saturated rings. The molecule has 0 radical (unpaired) electrons. The number of anilines is 1. The lowest BCUT2D eigenvalue weighted by molar-refractivity contribution is -0.173. The van der Waals surface area contributed by atoms with Crippen LogP contribution >= 0.6 is 0 Å². The topological polar surface area (TPSA) is 85.0 Å². The number of benzene rings is 1. The van der Waals surface area contributed by atoms with Gasteiger partial charge in [0.15, 0.2) is 6.04 Å². The Kier molecular flexibility index (Phi) is 4.66. The van der Waals surface area contributed by atoms with Crippen LogP contribution in [0.15, 0.2) is 30.5 Å². The Morgan fingerprint density at radius 2 is 2.00 bits per heavy atom. The molecule has 1 aliphatic rings. The van der Waals surface area contributed by atoms with Gasteiger partial charge in [0.05, 0.1) is 12.2 Å². The number of nitrogen functional groups attached to an aromatic ring is 1. The first-order chi connectivity index (χ1) is 12.2. The van der Waals surface area contributed by atoms with Gasteiger partial charge in [0.25, 0.3) is 5.91 Å². The summed E-state index contributed by atoms with van der Waals surface area (Å²) in [6.45, 7) is 4.09. The fourth-order valence-electron chi connectivity index (χ4n) is 3.14. The molecule has 1 aromatic heterocycles. The summed E-state index contributed by atoms with van der Waals surface area (Å²) in [5.74, 6) is 4.76. The minimum absolute atomic E-state index is 0.0134. The van der Waals surface area contributed by atoms with Gasteiger partial charge in [-0.15, -0.1) is 0 Å². The molecule has 2 heterocycles. The average Bonchev–Trinajstić information content (AvgIpc) is 3.03. The van der Waals surface area contributed by atoms with Gasteiger partial charge in [0.1, 0.15) is 11.4 Å². The molecule has 1 amide bonds. The molecule has 1 aliphatic heterocycles. The van der Waals surface area contributed by atoms with Gasteiger partial charge in [-0.1, -0.05) is 38.1 Å². The van der Waals surface area contributed by atoms with E-state index in [1.165, 1.54) is 0 Å². The van der Waals surface area contributed by atoms with Crippen molar-refractivity contribution in [2.75, 3.05) is 5.32 Å². The van der Waals surface area contributed by atoms with Crippen LogP contribution in [0.1, 0.15) is 59.8 Å². The van der Waals surface area contributed by atoms with Gasteiger partial charge in [0, 0.05) is 6.42 Å². The molecule has 0 bridgehead atoms. The summed E-state index contributed by atoms with van der Waals surface area (Å²) in [5, 5.41) is 6.77. The first kappa shape index (κ1) is 18.2. The van der Waals surface area contributed by atoms with Crippen LogP contribution in [0.3, 0.4) is 0 Å². The highest BCUT2D eigenvalue weighted by molar-refractivity contribution is 5.98. The van der Waals surface area contributed by atoms with Crippen LogP contribution in [0.25, 0.3) is 0 Å². The molecule has 1 aromatic carbocycles. The Morgan fingerprint density at radius 1 is 1.35 bits per heavy atom. The summed E-state index contributed by atoms with van der Waals surface area (Å²) in [7, 11) is 0. The van der Waals surface area contributed by atoms with E-state index < -0.39 is 24.2 Å². The third-order valence-electron chi connectivity index (χ3n) is 4.62. The highest BCUT2D eigenvalue weighted by Gasteiger charge is 2.47. The number of hydrogen-bond acceptors (Lipinski definition) is 4. The van der Waals surface area contributed by atoms with Crippen molar-refractivity contribution < 1.29 is 18.0 Å². The van der Waals surface area contributed by atoms with Crippen molar-refractivity contribution in [1.82, 2.24) is 15.2 Å². The SMILES string of the molecule is CC(C)c1ccc(C2CC(C(F)(F)F)n3ncc(C(=O)NN)c3N2)cc1. The summed E-state index contributed by atoms with van der Waals surface area (Å²) in [5.41, 5.74) is 3.73. The third-order valence-corrected chi connectivity index (χ3v) is 4.62.